The molecule has 2 aromatic rings. The van der Waals surface area contributed by atoms with Crippen molar-refractivity contribution in [2.45, 2.75) is 51.6 Å². The number of hydrogen-bond acceptors (Lipinski definition) is 4. The summed E-state index contributed by atoms with van der Waals surface area (Å²) in [4.78, 5) is 15.5. The minimum Gasteiger partial charge on any atom is -0.372 e. The fourth-order valence-electron chi connectivity index (χ4n) is 4.49. The van der Waals surface area contributed by atoms with Crippen molar-refractivity contribution in [1.29, 1.82) is 0 Å². The number of carbonyl (C=O) groups excluding carboxylic acids is 1. The lowest BCUT2D eigenvalue weighted by atomic mass is 9.95. The lowest BCUT2D eigenvalue weighted by Gasteiger charge is -2.34. The summed E-state index contributed by atoms with van der Waals surface area (Å²) in [5, 5.41) is 2.95. The van der Waals surface area contributed by atoms with Crippen molar-refractivity contribution in [3.8, 4) is 0 Å². The molecule has 0 aliphatic carbocycles. The Kier molecular flexibility index (Phi) is 6.62. The summed E-state index contributed by atoms with van der Waals surface area (Å²) < 4.78 is 26.8. The Hall–Kier alpha value is -2.38. The second kappa shape index (κ2) is 9.40. The first-order valence-corrected chi connectivity index (χ1v) is 12.8. The summed E-state index contributed by atoms with van der Waals surface area (Å²) in [6.45, 7) is 3.98. The van der Waals surface area contributed by atoms with Gasteiger partial charge in [-0.15, -0.1) is 0 Å². The molecule has 0 saturated carbocycles. The zero-order valence-electron chi connectivity index (χ0n) is 18.1. The summed E-state index contributed by atoms with van der Waals surface area (Å²) in [5.74, 6) is -0.308. The fraction of sp³-hybridized carbons (Fsp3) is 0.458. The Balaban J connectivity index is 1.51. The Bertz CT molecular complexity index is 1010. The number of amides is 1. The standard InChI is InChI=1S/C24H31N3O3S/c1-2-31(29,30)27-18-20-10-6-5-9-19(20)17-23(27)24(28)25-21-11-13-22(14-12-21)26-15-7-3-4-8-16-26/h5-6,9-14,23H,2-4,7-8,15-18H2,1H3,(H,25,28)/t23-/m1/s1. The van der Waals surface area contributed by atoms with Crippen LogP contribution in [0.5, 0.6) is 0 Å². The maximum Gasteiger partial charge on any atom is 0.243 e. The zero-order valence-corrected chi connectivity index (χ0v) is 18.9. The average molecular weight is 442 g/mol. The molecule has 2 aliphatic rings. The van der Waals surface area contributed by atoms with E-state index in [2.05, 4.69) is 10.2 Å². The summed E-state index contributed by atoms with van der Waals surface area (Å²) in [6.07, 6.45) is 5.37. The molecule has 1 atom stereocenters. The highest BCUT2D eigenvalue weighted by Gasteiger charge is 2.37. The van der Waals surface area contributed by atoms with Gasteiger partial charge in [0, 0.05) is 31.0 Å². The van der Waals surface area contributed by atoms with Crippen molar-refractivity contribution >= 4 is 27.3 Å². The van der Waals surface area contributed by atoms with Crippen LogP contribution in [0, 0.1) is 0 Å². The van der Waals surface area contributed by atoms with E-state index in [1.165, 1.54) is 35.7 Å². The van der Waals surface area contributed by atoms with Crippen molar-refractivity contribution in [2.75, 3.05) is 29.1 Å². The predicted octanol–water partition coefficient (Wildman–Crippen LogP) is 3.78. The van der Waals surface area contributed by atoms with Crippen LogP contribution in [0.25, 0.3) is 0 Å². The van der Waals surface area contributed by atoms with E-state index in [1.54, 1.807) is 6.92 Å². The van der Waals surface area contributed by atoms with Crippen LogP contribution in [0.4, 0.5) is 11.4 Å². The van der Waals surface area contributed by atoms with Crippen LogP contribution >= 0.6 is 0 Å². The lowest BCUT2D eigenvalue weighted by molar-refractivity contribution is -0.120. The lowest BCUT2D eigenvalue weighted by Crippen LogP contribution is -2.51. The smallest absolute Gasteiger partial charge is 0.243 e. The predicted molar refractivity (Wildman–Crippen MR) is 125 cm³/mol. The third kappa shape index (κ3) is 4.93. The highest BCUT2D eigenvalue weighted by molar-refractivity contribution is 7.89. The van der Waals surface area contributed by atoms with Gasteiger partial charge in [0.05, 0.1) is 5.75 Å². The molecule has 2 heterocycles. The van der Waals surface area contributed by atoms with E-state index < -0.39 is 16.1 Å². The zero-order chi connectivity index (χ0) is 21.8. The second-order valence-electron chi connectivity index (χ2n) is 8.37. The Labute approximate surface area is 185 Å². The van der Waals surface area contributed by atoms with Crippen LogP contribution in [-0.4, -0.2) is 43.5 Å². The van der Waals surface area contributed by atoms with E-state index in [1.807, 2.05) is 48.5 Å². The molecular formula is C24H31N3O3S. The Morgan fingerprint density at radius 2 is 1.61 bits per heavy atom. The number of rotatable bonds is 5. The molecule has 1 N–H and O–H groups in total. The number of fused-ring (bicyclic) bond motifs is 1. The third-order valence-electron chi connectivity index (χ3n) is 6.34. The molecule has 0 spiro atoms. The van der Waals surface area contributed by atoms with E-state index in [9.17, 15) is 13.2 Å². The van der Waals surface area contributed by atoms with Crippen LogP contribution in [-0.2, 0) is 27.8 Å². The fourth-order valence-corrected chi connectivity index (χ4v) is 5.72. The van der Waals surface area contributed by atoms with E-state index in [4.69, 9.17) is 0 Å². The van der Waals surface area contributed by atoms with E-state index in [0.29, 0.717) is 12.1 Å². The number of carbonyl (C=O) groups is 1. The Morgan fingerprint density at radius 3 is 2.26 bits per heavy atom. The van der Waals surface area contributed by atoms with Gasteiger partial charge in [0.15, 0.2) is 0 Å². The number of hydrogen-bond donors (Lipinski definition) is 1. The summed E-state index contributed by atoms with van der Waals surface area (Å²) >= 11 is 0. The van der Waals surface area contributed by atoms with E-state index in [-0.39, 0.29) is 18.2 Å². The second-order valence-corrected chi connectivity index (χ2v) is 10.6. The average Bonchev–Trinajstić information content (AvgIpc) is 3.08. The number of anilines is 2. The van der Waals surface area contributed by atoms with Crippen molar-refractivity contribution < 1.29 is 13.2 Å². The van der Waals surface area contributed by atoms with Gasteiger partial charge in [-0.25, -0.2) is 8.42 Å². The molecule has 31 heavy (non-hydrogen) atoms. The van der Waals surface area contributed by atoms with Crippen LogP contribution in [0.15, 0.2) is 48.5 Å². The molecule has 0 radical (unpaired) electrons. The summed E-state index contributed by atoms with van der Waals surface area (Å²) in [5.41, 5.74) is 3.85. The van der Waals surface area contributed by atoms with Gasteiger partial charge in [0.25, 0.3) is 0 Å². The molecule has 4 rings (SSSR count). The van der Waals surface area contributed by atoms with Crippen molar-refractivity contribution in [2.24, 2.45) is 0 Å². The molecule has 2 aliphatic heterocycles. The van der Waals surface area contributed by atoms with Gasteiger partial charge < -0.3 is 10.2 Å². The molecule has 1 saturated heterocycles. The molecule has 0 bridgehead atoms. The van der Waals surface area contributed by atoms with Gasteiger partial charge in [-0.1, -0.05) is 37.1 Å². The molecule has 166 valence electrons. The molecule has 2 aromatic carbocycles. The summed E-state index contributed by atoms with van der Waals surface area (Å²) in [6, 6.07) is 14.9. The first-order chi connectivity index (χ1) is 15.0. The van der Waals surface area contributed by atoms with Gasteiger partial charge >= 0.3 is 0 Å². The quantitative estimate of drug-likeness (QED) is 0.767. The monoisotopic (exact) mass is 441 g/mol. The van der Waals surface area contributed by atoms with Gasteiger partial charge in [0.2, 0.25) is 15.9 Å². The normalized spacial score (nSPS) is 20.0. The largest absolute Gasteiger partial charge is 0.372 e. The molecule has 6 nitrogen and oxygen atoms in total. The van der Waals surface area contributed by atoms with Gasteiger partial charge in [-0.3, -0.25) is 4.79 Å². The minimum atomic E-state index is -3.51. The van der Waals surface area contributed by atoms with Crippen molar-refractivity contribution in [1.82, 2.24) is 4.31 Å². The third-order valence-corrected chi connectivity index (χ3v) is 8.16. The minimum absolute atomic E-state index is 0.0243. The number of sulfonamides is 1. The molecule has 0 aromatic heterocycles. The van der Waals surface area contributed by atoms with Crippen molar-refractivity contribution in [3.05, 3.63) is 59.7 Å². The topological polar surface area (TPSA) is 69.7 Å². The van der Waals surface area contributed by atoms with Crippen LogP contribution in [0.3, 0.4) is 0 Å². The van der Waals surface area contributed by atoms with Crippen LogP contribution in [0.1, 0.15) is 43.7 Å². The molecule has 1 amide bonds. The highest BCUT2D eigenvalue weighted by atomic mass is 32.2. The van der Waals surface area contributed by atoms with Crippen LogP contribution in [0.2, 0.25) is 0 Å². The van der Waals surface area contributed by atoms with E-state index in [0.717, 1.165) is 24.2 Å². The number of benzene rings is 2. The van der Waals surface area contributed by atoms with Crippen molar-refractivity contribution in [3.63, 3.8) is 0 Å². The Morgan fingerprint density at radius 1 is 0.968 bits per heavy atom. The number of nitrogens with zero attached hydrogens (tertiary/aromatic N) is 2. The molecular weight excluding hydrogens is 410 g/mol. The first kappa shape index (κ1) is 21.8. The van der Waals surface area contributed by atoms with Gasteiger partial charge in [-0.05, 0) is 61.6 Å². The summed E-state index contributed by atoms with van der Waals surface area (Å²) in [7, 11) is -3.51. The van der Waals surface area contributed by atoms with E-state index >= 15 is 0 Å². The maximum atomic E-state index is 13.2. The van der Waals surface area contributed by atoms with Crippen LogP contribution < -0.4 is 10.2 Å². The maximum absolute atomic E-state index is 13.2. The SMILES string of the molecule is CCS(=O)(=O)N1Cc2ccccc2C[C@@H]1C(=O)Nc1ccc(N2CCCCCC2)cc1. The molecule has 1 fully saturated rings. The molecule has 0 unspecified atom stereocenters. The molecule has 7 heteroatoms. The highest BCUT2D eigenvalue weighted by Crippen LogP contribution is 2.27. The number of nitrogens with one attached hydrogen (secondary N) is 1. The van der Waals surface area contributed by atoms with Gasteiger partial charge in [-0.2, -0.15) is 4.31 Å². The van der Waals surface area contributed by atoms with Gasteiger partial charge in [0.1, 0.15) is 6.04 Å². The first-order valence-electron chi connectivity index (χ1n) is 11.2.